The average Bonchev–Trinajstić information content (AvgIpc) is 2.36. The van der Waals surface area contributed by atoms with Crippen LogP contribution in [0.2, 0.25) is 0 Å². The number of aliphatic hydroxyl groups is 1. The minimum absolute atomic E-state index is 0.219. The smallest absolute Gasteiger partial charge is 0.212 e. The highest BCUT2D eigenvalue weighted by molar-refractivity contribution is 5.18. The van der Waals surface area contributed by atoms with E-state index < -0.39 is 0 Å². The summed E-state index contributed by atoms with van der Waals surface area (Å²) in [6, 6.07) is 3.74. The van der Waals surface area contributed by atoms with Gasteiger partial charge in [-0.1, -0.05) is 13.0 Å². The molecule has 1 rings (SSSR count). The van der Waals surface area contributed by atoms with Gasteiger partial charge in [-0.3, -0.25) is 0 Å². The number of pyridine rings is 1. The fourth-order valence-corrected chi connectivity index (χ4v) is 1.59. The first kappa shape index (κ1) is 13.9. The zero-order chi connectivity index (χ0) is 12.7. The van der Waals surface area contributed by atoms with Gasteiger partial charge in [0.05, 0.1) is 13.2 Å². The van der Waals surface area contributed by atoms with Gasteiger partial charge in [0.25, 0.3) is 0 Å². The van der Waals surface area contributed by atoms with Crippen molar-refractivity contribution in [3.05, 3.63) is 23.9 Å². The maximum absolute atomic E-state index is 10.0. The molecule has 4 nitrogen and oxygen atoms in total. The Bertz CT molecular complexity index is 313. The lowest BCUT2D eigenvalue weighted by Crippen LogP contribution is -2.21. The second-order valence-electron chi connectivity index (χ2n) is 4.24. The zero-order valence-corrected chi connectivity index (χ0v) is 10.7. The van der Waals surface area contributed by atoms with Crippen LogP contribution in [0, 0.1) is 5.92 Å². The van der Waals surface area contributed by atoms with Gasteiger partial charge in [0.2, 0.25) is 5.88 Å². The van der Waals surface area contributed by atoms with E-state index in [0.717, 1.165) is 12.0 Å². The Morgan fingerprint density at radius 1 is 1.35 bits per heavy atom. The normalized spacial score (nSPS) is 14.4. The summed E-state index contributed by atoms with van der Waals surface area (Å²) in [6.07, 6.45) is 2.86. The summed E-state index contributed by atoms with van der Waals surface area (Å²) in [6.45, 7) is 2.71. The highest BCUT2D eigenvalue weighted by atomic mass is 16.5. The van der Waals surface area contributed by atoms with E-state index in [4.69, 9.17) is 9.47 Å². The second-order valence-corrected chi connectivity index (χ2v) is 4.24. The second kappa shape index (κ2) is 7.25. The Balaban J connectivity index is 2.46. The average molecular weight is 239 g/mol. The molecule has 2 atom stereocenters. The van der Waals surface area contributed by atoms with Gasteiger partial charge in [-0.25, -0.2) is 4.98 Å². The van der Waals surface area contributed by atoms with Crippen LogP contribution in [0.25, 0.3) is 0 Å². The number of methoxy groups -OCH3 is 2. The van der Waals surface area contributed by atoms with Crippen LogP contribution in [0.1, 0.15) is 18.9 Å². The molecule has 1 heterocycles. The van der Waals surface area contributed by atoms with Gasteiger partial charge in [0, 0.05) is 32.4 Å². The van der Waals surface area contributed by atoms with E-state index >= 15 is 0 Å². The molecule has 0 bridgehead atoms. The van der Waals surface area contributed by atoms with Crippen LogP contribution in [-0.2, 0) is 11.2 Å². The first-order valence-corrected chi connectivity index (χ1v) is 5.83. The molecule has 2 unspecified atom stereocenters. The van der Waals surface area contributed by atoms with Crippen molar-refractivity contribution >= 4 is 0 Å². The predicted molar refractivity (Wildman–Crippen MR) is 66.2 cm³/mol. The largest absolute Gasteiger partial charge is 0.481 e. The maximum Gasteiger partial charge on any atom is 0.212 e. The van der Waals surface area contributed by atoms with E-state index in [1.165, 1.54) is 0 Å². The molecule has 1 N–H and O–H groups in total. The third-order valence-corrected chi connectivity index (χ3v) is 2.89. The minimum Gasteiger partial charge on any atom is -0.481 e. The van der Waals surface area contributed by atoms with Gasteiger partial charge in [0.15, 0.2) is 0 Å². The van der Waals surface area contributed by atoms with Gasteiger partial charge in [-0.15, -0.1) is 0 Å². The predicted octanol–water partition coefficient (Wildman–Crippen LogP) is 1.67. The van der Waals surface area contributed by atoms with E-state index in [9.17, 15) is 5.11 Å². The third-order valence-electron chi connectivity index (χ3n) is 2.89. The number of hydrogen-bond donors (Lipinski definition) is 1. The van der Waals surface area contributed by atoms with Gasteiger partial charge in [-0.2, -0.15) is 0 Å². The highest BCUT2D eigenvalue weighted by Crippen LogP contribution is 2.15. The van der Waals surface area contributed by atoms with Crippen LogP contribution in [0.4, 0.5) is 0 Å². The van der Waals surface area contributed by atoms with E-state index in [2.05, 4.69) is 4.98 Å². The molecule has 0 aliphatic rings. The highest BCUT2D eigenvalue weighted by Gasteiger charge is 2.14. The van der Waals surface area contributed by atoms with E-state index in [1.807, 2.05) is 19.1 Å². The molecular formula is C13H21NO3. The Morgan fingerprint density at radius 3 is 2.65 bits per heavy atom. The van der Waals surface area contributed by atoms with Crippen molar-refractivity contribution in [2.75, 3.05) is 20.8 Å². The standard InChI is InChI=1S/C13H21NO3/c1-10(6-7-16-2)12(15)8-11-4-5-13(17-3)14-9-11/h4-5,9-10,12,15H,6-8H2,1-3H3. The first-order chi connectivity index (χ1) is 8.17. The molecule has 0 radical (unpaired) electrons. The Labute approximate surface area is 103 Å². The third kappa shape index (κ3) is 4.71. The SMILES string of the molecule is COCCC(C)C(O)Cc1ccc(OC)nc1. The number of ether oxygens (including phenoxy) is 2. The Hall–Kier alpha value is -1.13. The fraction of sp³-hybridized carbons (Fsp3) is 0.615. The van der Waals surface area contributed by atoms with Crippen LogP contribution in [0.5, 0.6) is 5.88 Å². The molecular weight excluding hydrogens is 218 g/mol. The molecule has 4 heteroatoms. The number of rotatable bonds is 7. The quantitative estimate of drug-likeness (QED) is 0.786. The van der Waals surface area contributed by atoms with E-state index in [1.54, 1.807) is 20.4 Å². The first-order valence-electron chi connectivity index (χ1n) is 5.83. The van der Waals surface area contributed by atoms with Crippen molar-refractivity contribution < 1.29 is 14.6 Å². The van der Waals surface area contributed by atoms with Crippen LogP contribution < -0.4 is 4.74 Å². The zero-order valence-electron chi connectivity index (χ0n) is 10.7. The molecule has 0 saturated heterocycles. The molecule has 0 aliphatic carbocycles. The van der Waals surface area contributed by atoms with Crippen molar-refractivity contribution in [1.29, 1.82) is 0 Å². The Kier molecular flexibility index (Phi) is 5.94. The molecule has 0 aliphatic heterocycles. The lowest BCUT2D eigenvalue weighted by Gasteiger charge is -2.18. The fourth-order valence-electron chi connectivity index (χ4n) is 1.59. The lowest BCUT2D eigenvalue weighted by molar-refractivity contribution is 0.0886. The molecule has 0 aromatic carbocycles. The van der Waals surface area contributed by atoms with Gasteiger partial charge < -0.3 is 14.6 Å². The van der Waals surface area contributed by atoms with Crippen molar-refractivity contribution in [3.63, 3.8) is 0 Å². The monoisotopic (exact) mass is 239 g/mol. The molecule has 96 valence electrons. The summed E-state index contributed by atoms with van der Waals surface area (Å²) in [4.78, 5) is 4.11. The number of nitrogens with zero attached hydrogens (tertiary/aromatic N) is 1. The summed E-state index contributed by atoms with van der Waals surface area (Å²) >= 11 is 0. The van der Waals surface area contributed by atoms with Gasteiger partial charge in [0.1, 0.15) is 0 Å². The van der Waals surface area contributed by atoms with Crippen LogP contribution in [-0.4, -0.2) is 37.0 Å². The van der Waals surface area contributed by atoms with Crippen molar-refractivity contribution in [3.8, 4) is 5.88 Å². The summed E-state index contributed by atoms with van der Waals surface area (Å²) in [5.41, 5.74) is 1.02. The number of hydrogen-bond acceptors (Lipinski definition) is 4. The van der Waals surface area contributed by atoms with Crippen LogP contribution in [0.3, 0.4) is 0 Å². The minimum atomic E-state index is -0.361. The molecule has 17 heavy (non-hydrogen) atoms. The van der Waals surface area contributed by atoms with E-state index in [-0.39, 0.29) is 12.0 Å². The van der Waals surface area contributed by atoms with E-state index in [0.29, 0.717) is 18.9 Å². The maximum atomic E-state index is 10.0. The molecule has 0 amide bonds. The Morgan fingerprint density at radius 2 is 2.12 bits per heavy atom. The van der Waals surface area contributed by atoms with Crippen LogP contribution >= 0.6 is 0 Å². The molecule has 0 saturated carbocycles. The lowest BCUT2D eigenvalue weighted by atomic mass is 9.96. The van der Waals surface area contributed by atoms with Gasteiger partial charge in [-0.05, 0) is 17.9 Å². The molecule has 1 aromatic rings. The summed E-state index contributed by atoms with van der Waals surface area (Å²) in [7, 11) is 3.26. The van der Waals surface area contributed by atoms with Gasteiger partial charge >= 0.3 is 0 Å². The van der Waals surface area contributed by atoms with Crippen LogP contribution in [0.15, 0.2) is 18.3 Å². The summed E-state index contributed by atoms with van der Waals surface area (Å²) in [5.74, 6) is 0.813. The van der Waals surface area contributed by atoms with Crippen molar-refractivity contribution in [2.24, 2.45) is 5.92 Å². The van der Waals surface area contributed by atoms with Crippen molar-refractivity contribution in [1.82, 2.24) is 4.98 Å². The number of aromatic nitrogens is 1. The number of aliphatic hydroxyl groups excluding tert-OH is 1. The molecule has 1 aromatic heterocycles. The summed E-state index contributed by atoms with van der Waals surface area (Å²) < 4.78 is 9.99. The topological polar surface area (TPSA) is 51.6 Å². The van der Waals surface area contributed by atoms with Crippen molar-refractivity contribution in [2.45, 2.75) is 25.9 Å². The summed E-state index contributed by atoms with van der Waals surface area (Å²) in [5, 5.41) is 10.0. The molecule has 0 fully saturated rings. The molecule has 0 spiro atoms.